The zero-order valence-electron chi connectivity index (χ0n) is 11.2. The van der Waals surface area contributed by atoms with Crippen LogP contribution in [0.25, 0.3) is 0 Å². The van der Waals surface area contributed by atoms with E-state index in [1.165, 1.54) is 24.9 Å². The molecule has 1 aliphatic heterocycles. The third kappa shape index (κ3) is 3.46. The van der Waals surface area contributed by atoms with Crippen molar-refractivity contribution in [1.82, 2.24) is 9.88 Å². The highest BCUT2D eigenvalue weighted by Gasteiger charge is 2.22. The fourth-order valence-corrected chi connectivity index (χ4v) is 3.16. The SMILES string of the molecule is CN1CCC[C@H]1c1ccc(SC(C)(C)C)nc1. The summed E-state index contributed by atoms with van der Waals surface area (Å²) in [4.78, 5) is 7.00. The second-order valence-corrected chi connectivity index (χ2v) is 7.63. The molecule has 0 aliphatic carbocycles. The van der Waals surface area contributed by atoms with E-state index in [4.69, 9.17) is 0 Å². The van der Waals surface area contributed by atoms with Gasteiger partial charge in [0.1, 0.15) is 0 Å². The summed E-state index contributed by atoms with van der Waals surface area (Å²) in [6.45, 7) is 7.87. The molecule has 0 radical (unpaired) electrons. The highest BCUT2D eigenvalue weighted by molar-refractivity contribution is 8.00. The average Bonchev–Trinajstić information content (AvgIpc) is 2.63. The predicted molar refractivity (Wildman–Crippen MR) is 74.5 cm³/mol. The molecule has 1 aliphatic rings. The molecule has 1 fully saturated rings. The first-order chi connectivity index (χ1) is 7.96. The maximum Gasteiger partial charge on any atom is 0.0965 e. The molecule has 2 heterocycles. The van der Waals surface area contributed by atoms with Gasteiger partial charge in [0.15, 0.2) is 0 Å². The van der Waals surface area contributed by atoms with E-state index in [1.807, 2.05) is 11.8 Å². The summed E-state index contributed by atoms with van der Waals surface area (Å²) >= 11 is 1.83. The van der Waals surface area contributed by atoms with Crippen molar-refractivity contribution in [3.63, 3.8) is 0 Å². The molecule has 0 amide bonds. The number of rotatable bonds is 2. The molecule has 0 bridgehead atoms. The molecule has 2 rings (SSSR count). The first-order valence-corrected chi connectivity index (χ1v) is 7.12. The molecule has 0 N–H and O–H groups in total. The van der Waals surface area contributed by atoms with Gasteiger partial charge in [0.25, 0.3) is 0 Å². The molecular formula is C14H22N2S. The van der Waals surface area contributed by atoms with Crippen LogP contribution >= 0.6 is 11.8 Å². The van der Waals surface area contributed by atoms with Crippen LogP contribution in [0.5, 0.6) is 0 Å². The third-order valence-corrected chi connectivity index (χ3v) is 4.14. The lowest BCUT2D eigenvalue weighted by Gasteiger charge is -2.20. The normalized spacial score (nSPS) is 22.0. The summed E-state index contributed by atoms with van der Waals surface area (Å²) < 4.78 is 0.235. The van der Waals surface area contributed by atoms with E-state index in [2.05, 4.69) is 56.0 Å². The van der Waals surface area contributed by atoms with Crippen LogP contribution in [0.3, 0.4) is 0 Å². The van der Waals surface area contributed by atoms with Crippen molar-refractivity contribution in [3.8, 4) is 0 Å². The van der Waals surface area contributed by atoms with Crippen molar-refractivity contribution >= 4 is 11.8 Å². The molecule has 0 unspecified atom stereocenters. The van der Waals surface area contributed by atoms with E-state index in [9.17, 15) is 0 Å². The van der Waals surface area contributed by atoms with Crippen molar-refractivity contribution in [2.75, 3.05) is 13.6 Å². The van der Waals surface area contributed by atoms with Crippen LogP contribution in [0.4, 0.5) is 0 Å². The Bertz CT molecular complexity index is 367. The molecule has 1 aromatic rings. The third-order valence-electron chi connectivity index (χ3n) is 3.08. The van der Waals surface area contributed by atoms with Gasteiger partial charge in [-0.15, -0.1) is 11.8 Å². The summed E-state index contributed by atoms with van der Waals surface area (Å²) in [5.74, 6) is 0. The largest absolute Gasteiger partial charge is 0.299 e. The lowest BCUT2D eigenvalue weighted by molar-refractivity contribution is 0.317. The molecule has 1 saturated heterocycles. The Labute approximate surface area is 109 Å². The lowest BCUT2D eigenvalue weighted by atomic mass is 10.1. The number of thioether (sulfide) groups is 1. The number of pyridine rings is 1. The summed E-state index contributed by atoms with van der Waals surface area (Å²) in [7, 11) is 2.20. The predicted octanol–water partition coefficient (Wildman–Crippen LogP) is 3.74. The minimum atomic E-state index is 0.235. The van der Waals surface area contributed by atoms with Crippen molar-refractivity contribution in [1.29, 1.82) is 0 Å². The Morgan fingerprint density at radius 1 is 1.35 bits per heavy atom. The Kier molecular flexibility index (Phi) is 3.79. The van der Waals surface area contributed by atoms with E-state index >= 15 is 0 Å². The Morgan fingerprint density at radius 3 is 2.59 bits per heavy atom. The number of nitrogens with zero attached hydrogens (tertiary/aromatic N) is 2. The maximum absolute atomic E-state index is 4.58. The van der Waals surface area contributed by atoms with Crippen molar-refractivity contribution in [2.24, 2.45) is 0 Å². The molecule has 0 saturated carbocycles. The molecule has 94 valence electrons. The van der Waals surface area contributed by atoms with Gasteiger partial charge < -0.3 is 0 Å². The molecule has 1 aromatic heterocycles. The quantitative estimate of drug-likeness (QED) is 0.744. The Balaban J connectivity index is 2.07. The minimum Gasteiger partial charge on any atom is -0.299 e. The van der Waals surface area contributed by atoms with Crippen LogP contribution in [0.2, 0.25) is 0 Å². The van der Waals surface area contributed by atoms with Crippen LogP contribution in [-0.2, 0) is 0 Å². The van der Waals surface area contributed by atoms with Crippen molar-refractivity contribution < 1.29 is 0 Å². The van der Waals surface area contributed by atoms with Gasteiger partial charge in [-0.05, 0) is 38.1 Å². The molecule has 3 heteroatoms. The maximum atomic E-state index is 4.58. The van der Waals surface area contributed by atoms with Crippen LogP contribution in [0.15, 0.2) is 23.4 Å². The number of hydrogen-bond donors (Lipinski definition) is 0. The summed E-state index contributed by atoms with van der Waals surface area (Å²) in [6.07, 6.45) is 4.63. The fourth-order valence-electron chi connectivity index (χ4n) is 2.29. The van der Waals surface area contributed by atoms with E-state index in [0.29, 0.717) is 6.04 Å². The average molecular weight is 250 g/mol. The molecule has 0 aromatic carbocycles. The summed E-state index contributed by atoms with van der Waals surface area (Å²) in [5.41, 5.74) is 1.36. The highest BCUT2D eigenvalue weighted by atomic mass is 32.2. The van der Waals surface area contributed by atoms with Gasteiger partial charge in [0.05, 0.1) is 5.03 Å². The molecule has 17 heavy (non-hydrogen) atoms. The Morgan fingerprint density at radius 2 is 2.12 bits per heavy atom. The van der Waals surface area contributed by atoms with Gasteiger partial charge >= 0.3 is 0 Å². The summed E-state index contributed by atoms with van der Waals surface area (Å²) in [5, 5.41) is 1.13. The number of hydrogen-bond acceptors (Lipinski definition) is 3. The number of aromatic nitrogens is 1. The first kappa shape index (κ1) is 12.9. The lowest BCUT2D eigenvalue weighted by Crippen LogP contribution is -2.17. The first-order valence-electron chi connectivity index (χ1n) is 6.31. The van der Waals surface area contributed by atoms with Crippen LogP contribution in [-0.4, -0.2) is 28.2 Å². The Hall–Kier alpha value is -0.540. The second kappa shape index (κ2) is 4.99. The van der Waals surface area contributed by atoms with Gasteiger partial charge in [-0.2, -0.15) is 0 Å². The molecular weight excluding hydrogens is 228 g/mol. The topological polar surface area (TPSA) is 16.1 Å². The van der Waals surface area contributed by atoms with E-state index in [0.717, 1.165) is 5.03 Å². The van der Waals surface area contributed by atoms with E-state index in [1.54, 1.807) is 0 Å². The van der Waals surface area contributed by atoms with Crippen LogP contribution in [0, 0.1) is 0 Å². The number of likely N-dealkylation sites (tertiary alicyclic amines) is 1. The van der Waals surface area contributed by atoms with Gasteiger partial charge in [0, 0.05) is 17.0 Å². The second-order valence-electron chi connectivity index (χ2n) is 5.78. The smallest absolute Gasteiger partial charge is 0.0965 e. The van der Waals surface area contributed by atoms with Gasteiger partial charge in [-0.25, -0.2) is 4.98 Å². The van der Waals surface area contributed by atoms with E-state index < -0.39 is 0 Å². The fraction of sp³-hybridized carbons (Fsp3) is 0.643. The van der Waals surface area contributed by atoms with E-state index in [-0.39, 0.29) is 4.75 Å². The van der Waals surface area contributed by atoms with Crippen LogP contribution < -0.4 is 0 Å². The summed E-state index contributed by atoms with van der Waals surface area (Å²) in [6, 6.07) is 4.99. The van der Waals surface area contributed by atoms with Gasteiger partial charge in [-0.1, -0.05) is 26.8 Å². The standard InChI is InChI=1S/C14H22N2S/c1-14(2,3)17-13-8-7-11(10-15-13)12-6-5-9-16(12)4/h7-8,10,12H,5-6,9H2,1-4H3/t12-/m0/s1. The zero-order valence-corrected chi connectivity index (χ0v) is 12.0. The molecule has 0 spiro atoms. The molecule has 1 atom stereocenters. The van der Waals surface area contributed by atoms with Crippen molar-refractivity contribution in [2.45, 2.75) is 49.4 Å². The highest BCUT2D eigenvalue weighted by Crippen LogP contribution is 2.33. The van der Waals surface area contributed by atoms with Crippen LogP contribution in [0.1, 0.15) is 45.2 Å². The van der Waals surface area contributed by atoms with Gasteiger partial charge in [-0.3, -0.25) is 4.90 Å². The monoisotopic (exact) mass is 250 g/mol. The van der Waals surface area contributed by atoms with Crippen molar-refractivity contribution in [3.05, 3.63) is 23.9 Å². The zero-order chi connectivity index (χ0) is 12.5. The minimum absolute atomic E-state index is 0.235. The van der Waals surface area contributed by atoms with Gasteiger partial charge in [0.2, 0.25) is 0 Å². The molecule has 2 nitrogen and oxygen atoms in total.